The second-order valence-electron chi connectivity index (χ2n) is 22.5. The minimum absolute atomic E-state index is 0.00282. The fourth-order valence-corrected chi connectivity index (χ4v) is 10.3. The molecular weight excluding hydrogens is 931 g/mol. The SMILES string of the molecule is CCCCCCCCC/C=C/C(O)C(COC1OC(CO)C(O)C(O)C1O)NC(=O)CCCCCCCCCCCCCCCCCCCCCCCOC(=O)CCCCCCCCCCCCCCCCCC. The van der Waals surface area contributed by atoms with Crippen molar-refractivity contribution in [3.63, 3.8) is 0 Å². The molecule has 1 amide bonds. The minimum atomic E-state index is -1.57. The first-order chi connectivity index (χ1) is 36.2. The molecule has 0 bridgehead atoms. The van der Waals surface area contributed by atoms with Gasteiger partial charge in [0.05, 0.1) is 32.0 Å². The van der Waals surface area contributed by atoms with E-state index in [0.717, 1.165) is 57.8 Å². The Balaban J connectivity index is 1.96. The number of rotatable bonds is 56. The molecule has 1 heterocycles. The molecule has 438 valence electrons. The lowest BCUT2D eigenvalue weighted by Gasteiger charge is -2.40. The Morgan fingerprint density at radius 1 is 0.486 bits per heavy atom. The van der Waals surface area contributed by atoms with Crippen LogP contribution in [-0.2, 0) is 23.8 Å². The summed E-state index contributed by atoms with van der Waals surface area (Å²) < 4.78 is 16.7. The summed E-state index contributed by atoms with van der Waals surface area (Å²) in [5, 5.41) is 54.2. The van der Waals surface area contributed by atoms with Gasteiger partial charge in [-0.1, -0.05) is 283 Å². The predicted octanol–water partition coefficient (Wildman–Crippen LogP) is 15.1. The number of hydrogen-bond donors (Lipinski definition) is 6. The van der Waals surface area contributed by atoms with Gasteiger partial charge in [0.25, 0.3) is 0 Å². The zero-order valence-corrected chi connectivity index (χ0v) is 48.3. The Kier molecular flexibility index (Phi) is 50.8. The largest absolute Gasteiger partial charge is 0.466 e. The number of carbonyl (C=O) groups is 2. The summed E-state index contributed by atoms with van der Waals surface area (Å²) in [7, 11) is 0. The molecule has 6 N–H and O–H groups in total. The highest BCUT2D eigenvalue weighted by molar-refractivity contribution is 5.76. The maximum atomic E-state index is 13.0. The van der Waals surface area contributed by atoms with E-state index < -0.39 is 49.5 Å². The fraction of sp³-hybridized carbons (Fsp3) is 0.937. The van der Waals surface area contributed by atoms with E-state index in [1.54, 1.807) is 6.08 Å². The second kappa shape index (κ2) is 53.4. The van der Waals surface area contributed by atoms with Crippen molar-refractivity contribution in [2.75, 3.05) is 19.8 Å². The van der Waals surface area contributed by atoms with Gasteiger partial charge in [0.1, 0.15) is 24.4 Å². The second-order valence-corrected chi connectivity index (χ2v) is 22.5. The first-order valence-corrected chi connectivity index (χ1v) is 32.0. The van der Waals surface area contributed by atoms with Crippen LogP contribution in [0, 0.1) is 0 Å². The van der Waals surface area contributed by atoms with Crippen LogP contribution < -0.4 is 5.32 Å². The van der Waals surface area contributed by atoms with Gasteiger partial charge in [0.15, 0.2) is 6.29 Å². The molecular formula is C63H121NO10. The van der Waals surface area contributed by atoms with E-state index >= 15 is 0 Å². The van der Waals surface area contributed by atoms with Crippen LogP contribution in [-0.4, -0.2) is 100 Å². The van der Waals surface area contributed by atoms with Crippen LogP contribution in [0.4, 0.5) is 0 Å². The van der Waals surface area contributed by atoms with Crippen LogP contribution in [0.15, 0.2) is 12.2 Å². The molecule has 11 heteroatoms. The minimum Gasteiger partial charge on any atom is -0.466 e. The van der Waals surface area contributed by atoms with Gasteiger partial charge in [-0.05, 0) is 32.1 Å². The van der Waals surface area contributed by atoms with E-state index in [9.17, 15) is 35.1 Å². The number of aliphatic hydroxyl groups excluding tert-OH is 5. The molecule has 7 unspecified atom stereocenters. The van der Waals surface area contributed by atoms with E-state index in [4.69, 9.17) is 14.2 Å². The number of unbranched alkanes of at least 4 members (excludes halogenated alkanes) is 42. The topological polar surface area (TPSA) is 175 Å². The third kappa shape index (κ3) is 42.4. The van der Waals surface area contributed by atoms with Crippen molar-refractivity contribution in [2.24, 2.45) is 0 Å². The van der Waals surface area contributed by atoms with Gasteiger partial charge in [-0.15, -0.1) is 0 Å². The summed E-state index contributed by atoms with van der Waals surface area (Å²) in [6, 6.07) is -0.808. The smallest absolute Gasteiger partial charge is 0.305 e. The van der Waals surface area contributed by atoms with E-state index in [1.807, 2.05) is 6.08 Å². The molecule has 1 saturated heterocycles. The molecule has 11 nitrogen and oxygen atoms in total. The Labute approximate surface area is 455 Å². The highest BCUT2D eigenvalue weighted by Gasteiger charge is 2.44. The molecule has 1 fully saturated rings. The lowest BCUT2D eigenvalue weighted by Crippen LogP contribution is -2.60. The summed E-state index contributed by atoms with van der Waals surface area (Å²) in [4.78, 5) is 25.1. The summed E-state index contributed by atoms with van der Waals surface area (Å²) in [5.41, 5.74) is 0. The molecule has 1 aliphatic heterocycles. The number of allylic oxidation sites excluding steroid dienone is 1. The molecule has 0 aromatic heterocycles. The molecule has 74 heavy (non-hydrogen) atoms. The van der Waals surface area contributed by atoms with Gasteiger partial charge in [0.2, 0.25) is 5.91 Å². The Bertz CT molecular complexity index is 1240. The van der Waals surface area contributed by atoms with Crippen LogP contribution >= 0.6 is 0 Å². The quantitative estimate of drug-likeness (QED) is 0.0195. The normalized spacial score (nSPS) is 18.8. The molecule has 1 rings (SSSR count). The lowest BCUT2D eigenvalue weighted by molar-refractivity contribution is -0.302. The molecule has 0 radical (unpaired) electrons. The van der Waals surface area contributed by atoms with Crippen LogP contribution in [0.3, 0.4) is 0 Å². The summed E-state index contributed by atoms with van der Waals surface area (Å²) in [6.45, 7) is 4.34. The van der Waals surface area contributed by atoms with Crippen LogP contribution in [0.1, 0.15) is 316 Å². The van der Waals surface area contributed by atoms with Gasteiger partial charge < -0.3 is 45.1 Å². The molecule has 0 aromatic carbocycles. The number of hydrogen-bond acceptors (Lipinski definition) is 10. The van der Waals surface area contributed by atoms with Crippen LogP contribution in [0.5, 0.6) is 0 Å². The maximum Gasteiger partial charge on any atom is 0.305 e. The summed E-state index contributed by atoms with van der Waals surface area (Å²) in [6.07, 6.45) is 53.3. The Morgan fingerprint density at radius 3 is 1.26 bits per heavy atom. The monoisotopic (exact) mass is 1050 g/mol. The maximum absolute atomic E-state index is 13.0. The van der Waals surface area contributed by atoms with Gasteiger partial charge in [0, 0.05) is 12.8 Å². The zero-order valence-electron chi connectivity index (χ0n) is 48.3. The molecule has 0 aliphatic carbocycles. The van der Waals surface area contributed by atoms with Gasteiger partial charge in [-0.2, -0.15) is 0 Å². The number of esters is 1. The predicted molar refractivity (Wildman–Crippen MR) is 306 cm³/mol. The fourth-order valence-electron chi connectivity index (χ4n) is 10.3. The molecule has 0 saturated carbocycles. The highest BCUT2D eigenvalue weighted by atomic mass is 16.7. The molecule has 0 spiro atoms. The van der Waals surface area contributed by atoms with Crippen molar-refractivity contribution in [3.05, 3.63) is 12.2 Å². The number of carbonyl (C=O) groups excluding carboxylic acids is 2. The number of ether oxygens (including phenoxy) is 3. The zero-order chi connectivity index (χ0) is 53.8. The van der Waals surface area contributed by atoms with Crippen molar-refractivity contribution in [1.82, 2.24) is 5.32 Å². The Morgan fingerprint density at radius 2 is 0.851 bits per heavy atom. The standard InChI is InChI=1S/C63H121NO10/c1-3-5-7-9-11-13-14-15-16-25-28-31-35-39-43-47-51-59(68)72-52-48-44-40-36-32-29-26-23-21-19-17-18-20-22-24-27-30-34-38-42-46-50-58(67)64-55(56(66)49-45-41-37-33-12-10-8-6-4-2)54-73-63-62(71)61(70)60(69)57(53-65)74-63/h45,49,55-57,60-63,65-66,69-71H,3-44,46-48,50-54H2,1-2H3,(H,64,67)/b49-45+. The molecule has 1 aliphatic rings. The van der Waals surface area contributed by atoms with Crippen LogP contribution in [0.25, 0.3) is 0 Å². The third-order valence-corrected chi connectivity index (χ3v) is 15.4. The number of amides is 1. The van der Waals surface area contributed by atoms with Gasteiger partial charge in [-0.3, -0.25) is 9.59 Å². The first kappa shape index (κ1) is 70.4. The average Bonchev–Trinajstić information content (AvgIpc) is 3.40. The molecule has 0 aromatic rings. The van der Waals surface area contributed by atoms with Crippen molar-refractivity contribution >= 4 is 11.9 Å². The van der Waals surface area contributed by atoms with E-state index in [-0.39, 0.29) is 18.5 Å². The number of aliphatic hydroxyl groups is 5. The lowest BCUT2D eigenvalue weighted by atomic mass is 9.99. The van der Waals surface area contributed by atoms with Crippen molar-refractivity contribution < 1.29 is 49.3 Å². The van der Waals surface area contributed by atoms with Crippen molar-refractivity contribution in [2.45, 2.75) is 358 Å². The Hall–Kier alpha value is -1.60. The van der Waals surface area contributed by atoms with Crippen molar-refractivity contribution in [1.29, 1.82) is 0 Å². The molecule has 7 atom stereocenters. The van der Waals surface area contributed by atoms with Gasteiger partial charge >= 0.3 is 5.97 Å². The van der Waals surface area contributed by atoms with E-state index in [2.05, 4.69) is 19.2 Å². The summed E-state index contributed by atoms with van der Waals surface area (Å²) >= 11 is 0. The van der Waals surface area contributed by atoms with Gasteiger partial charge in [-0.25, -0.2) is 0 Å². The van der Waals surface area contributed by atoms with Crippen LogP contribution in [0.2, 0.25) is 0 Å². The summed E-state index contributed by atoms with van der Waals surface area (Å²) in [5.74, 6) is -0.180. The van der Waals surface area contributed by atoms with E-state index in [1.165, 1.54) is 231 Å². The average molecular weight is 1050 g/mol. The first-order valence-electron chi connectivity index (χ1n) is 32.0. The van der Waals surface area contributed by atoms with E-state index in [0.29, 0.717) is 19.4 Å². The number of nitrogens with one attached hydrogen (secondary N) is 1. The highest BCUT2D eigenvalue weighted by Crippen LogP contribution is 2.23. The van der Waals surface area contributed by atoms with Crippen molar-refractivity contribution in [3.8, 4) is 0 Å². The third-order valence-electron chi connectivity index (χ3n) is 15.4.